The molecule has 1 aromatic carbocycles. The number of hydrogen-bond donors (Lipinski definition) is 0. The van der Waals surface area contributed by atoms with E-state index in [1.807, 2.05) is 18.3 Å². The Labute approximate surface area is 137 Å². The summed E-state index contributed by atoms with van der Waals surface area (Å²) in [7, 11) is 0. The lowest BCUT2D eigenvalue weighted by Crippen LogP contribution is -1.92. The van der Waals surface area contributed by atoms with Gasteiger partial charge in [-0.1, -0.05) is 45.3 Å². The predicted octanol–water partition coefficient (Wildman–Crippen LogP) is 5.89. The number of benzene rings is 1. The average molecular weight is 315 g/mol. The lowest BCUT2D eigenvalue weighted by atomic mass is 10.2. The fourth-order valence-corrected chi connectivity index (χ4v) is 3.17. The molecule has 3 heteroatoms. The van der Waals surface area contributed by atoms with Crippen LogP contribution in [0.1, 0.15) is 44.4 Å². The maximum absolute atomic E-state index is 5.72. The second-order valence-electron chi connectivity index (χ2n) is 5.33. The molecule has 0 bridgehead atoms. The van der Waals surface area contributed by atoms with Crippen LogP contribution in [-0.2, 0) is 6.42 Å². The first kappa shape index (κ1) is 16.8. The standard InChI is InChI=1S/C19H25NOS/c1-3-5-6-7-8-14-21-17-12-10-16(11-13-17)19-20-15-18(22-19)9-4-2/h7-8,10-13,15H,3-6,9,14H2,1-2H3/b8-7+. The SMILES string of the molecule is CCCC/C=C/COc1ccc(-c2ncc(CCC)s2)cc1. The normalized spacial score (nSPS) is 11.2. The highest BCUT2D eigenvalue weighted by atomic mass is 32.1. The number of rotatable bonds is 9. The Morgan fingerprint density at radius 2 is 1.91 bits per heavy atom. The van der Waals surface area contributed by atoms with Gasteiger partial charge in [0, 0.05) is 16.6 Å². The van der Waals surface area contributed by atoms with Crippen LogP contribution in [0.4, 0.5) is 0 Å². The minimum atomic E-state index is 0.640. The van der Waals surface area contributed by atoms with Crippen LogP contribution in [0.5, 0.6) is 5.75 Å². The molecule has 2 aromatic rings. The van der Waals surface area contributed by atoms with Crippen LogP contribution < -0.4 is 4.74 Å². The van der Waals surface area contributed by atoms with Crippen LogP contribution in [0.3, 0.4) is 0 Å². The van der Waals surface area contributed by atoms with Gasteiger partial charge in [0.25, 0.3) is 0 Å². The van der Waals surface area contributed by atoms with Gasteiger partial charge < -0.3 is 4.74 Å². The Morgan fingerprint density at radius 3 is 2.64 bits per heavy atom. The zero-order valence-electron chi connectivity index (χ0n) is 13.5. The molecule has 22 heavy (non-hydrogen) atoms. The number of unbranched alkanes of at least 4 members (excludes halogenated alkanes) is 2. The van der Waals surface area contributed by atoms with E-state index in [1.54, 1.807) is 11.3 Å². The van der Waals surface area contributed by atoms with Crippen molar-refractivity contribution in [3.8, 4) is 16.3 Å². The minimum absolute atomic E-state index is 0.640. The molecule has 0 atom stereocenters. The number of aryl methyl sites for hydroxylation is 1. The summed E-state index contributed by atoms with van der Waals surface area (Å²) in [6.45, 7) is 5.04. The third-order valence-electron chi connectivity index (χ3n) is 3.39. The Morgan fingerprint density at radius 1 is 1.09 bits per heavy atom. The summed E-state index contributed by atoms with van der Waals surface area (Å²) < 4.78 is 5.72. The first-order valence-corrected chi connectivity index (χ1v) is 8.98. The van der Waals surface area contributed by atoms with Crippen molar-refractivity contribution < 1.29 is 4.74 Å². The summed E-state index contributed by atoms with van der Waals surface area (Å²) in [4.78, 5) is 5.86. The third-order valence-corrected chi connectivity index (χ3v) is 4.49. The van der Waals surface area contributed by atoms with Crippen LogP contribution in [-0.4, -0.2) is 11.6 Å². The number of aromatic nitrogens is 1. The molecule has 0 aliphatic rings. The predicted molar refractivity (Wildman–Crippen MR) is 95.7 cm³/mol. The maximum Gasteiger partial charge on any atom is 0.123 e. The molecule has 1 aromatic heterocycles. The van der Waals surface area contributed by atoms with Crippen molar-refractivity contribution in [2.75, 3.05) is 6.61 Å². The molecule has 0 N–H and O–H groups in total. The quantitative estimate of drug-likeness (QED) is 0.425. The van der Waals surface area contributed by atoms with E-state index in [0.717, 1.165) is 29.2 Å². The highest BCUT2D eigenvalue weighted by molar-refractivity contribution is 7.15. The van der Waals surface area contributed by atoms with Crippen molar-refractivity contribution in [3.05, 3.63) is 47.5 Å². The van der Waals surface area contributed by atoms with Crippen LogP contribution in [0.25, 0.3) is 10.6 Å². The van der Waals surface area contributed by atoms with Gasteiger partial charge in [0.1, 0.15) is 17.4 Å². The van der Waals surface area contributed by atoms with Crippen molar-refractivity contribution in [3.63, 3.8) is 0 Å². The molecule has 0 unspecified atom stereocenters. The summed E-state index contributed by atoms with van der Waals surface area (Å²) in [6.07, 6.45) is 12.2. The highest BCUT2D eigenvalue weighted by Crippen LogP contribution is 2.27. The second-order valence-corrected chi connectivity index (χ2v) is 6.45. The molecule has 118 valence electrons. The van der Waals surface area contributed by atoms with Crippen LogP contribution in [0, 0.1) is 0 Å². The van der Waals surface area contributed by atoms with E-state index in [2.05, 4.69) is 43.1 Å². The molecule has 0 amide bonds. The summed E-state index contributed by atoms with van der Waals surface area (Å²) in [5.41, 5.74) is 1.16. The molecule has 0 fully saturated rings. The van der Waals surface area contributed by atoms with E-state index in [1.165, 1.54) is 24.1 Å². The van der Waals surface area contributed by atoms with E-state index < -0.39 is 0 Å². The molecular weight excluding hydrogens is 290 g/mol. The van der Waals surface area contributed by atoms with Crippen LogP contribution in [0.15, 0.2) is 42.6 Å². The summed E-state index contributed by atoms with van der Waals surface area (Å²) in [5.74, 6) is 0.911. The van der Waals surface area contributed by atoms with Gasteiger partial charge in [0.05, 0.1) is 0 Å². The van der Waals surface area contributed by atoms with Gasteiger partial charge in [-0.05, 0) is 37.1 Å². The number of hydrogen-bond acceptors (Lipinski definition) is 3. The largest absolute Gasteiger partial charge is 0.490 e. The molecule has 2 rings (SSSR count). The average Bonchev–Trinajstić information content (AvgIpc) is 3.00. The van der Waals surface area contributed by atoms with E-state index in [0.29, 0.717) is 6.61 Å². The zero-order chi connectivity index (χ0) is 15.6. The van der Waals surface area contributed by atoms with Gasteiger partial charge in [0.2, 0.25) is 0 Å². The van der Waals surface area contributed by atoms with Crippen molar-refractivity contribution in [2.45, 2.75) is 46.0 Å². The molecule has 0 radical (unpaired) electrons. The molecule has 0 saturated carbocycles. The molecule has 2 nitrogen and oxygen atoms in total. The molecular formula is C19H25NOS. The molecule has 0 aliphatic carbocycles. The Balaban J connectivity index is 1.85. The number of allylic oxidation sites excluding steroid dienone is 1. The molecule has 0 aliphatic heterocycles. The Hall–Kier alpha value is -1.61. The zero-order valence-corrected chi connectivity index (χ0v) is 14.4. The van der Waals surface area contributed by atoms with E-state index >= 15 is 0 Å². The van der Waals surface area contributed by atoms with Crippen LogP contribution in [0.2, 0.25) is 0 Å². The van der Waals surface area contributed by atoms with Crippen molar-refractivity contribution in [1.82, 2.24) is 4.98 Å². The minimum Gasteiger partial charge on any atom is -0.490 e. The smallest absolute Gasteiger partial charge is 0.123 e. The molecule has 0 spiro atoms. The van der Waals surface area contributed by atoms with Gasteiger partial charge in [-0.25, -0.2) is 4.98 Å². The van der Waals surface area contributed by atoms with Gasteiger partial charge in [-0.2, -0.15) is 0 Å². The topological polar surface area (TPSA) is 22.1 Å². The third kappa shape index (κ3) is 5.30. The first-order chi connectivity index (χ1) is 10.8. The van der Waals surface area contributed by atoms with E-state index in [4.69, 9.17) is 4.74 Å². The highest BCUT2D eigenvalue weighted by Gasteiger charge is 2.04. The summed E-state index contributed by atoms with van der Waals surface area (Å²) >= 11 is 1.78. The van der Waals surface area contributed by atoms with Crippen molar-refractivity contribution >= 4 is 11.3 Å². The Bertz CT molecular complexity index is 571. The Kier molecular flexibility index (Phi) is 7.17. The van der Waals surface area contributed by atoms with Gasteiger partial charge in [0.15, 0.2) is 0 Å². The van der Waals surface area contributed by atoms with Gasteiger partial charge in [-0.3, -0.25) is 0 Å². The lowest BCUT2D eigenvalue weighted by molar-refractivity contribution is 0.362. The number of thiazole rings is 1. The maximum atomic E-state index is 5.72. The monoisotopic (exact) mass is 315 g/mol. The fraction of sp³-hybridized carbons (Fsp3) is 0.421. The lowest BCUT2D eigenvalue weighted by Gasteiger charge is -2.03. The molecule has 0 saturated heterocycles. The van der Waals surface area contributed by atoms with Crippen molar-refractivity contribution in [1.29, 1.82) is 0 Å². The molecule has 1 heterocycles. The van der Waals surface area contributed by atoms with Crippen molar-refractivity contribution in [2.24, 2.45) is 0 Å². The second kappa shape index (κ2) is 9.42. The van der Waals surface area contributed by atoms with E-state index in [9.17, 15) is 0 Å². The van der Waals surface area contributed by atoms with Crippen LogP contribution >= 0.6 is 11.3 Å². The number of nitrogens with zero attached hydrogens (tertiary/aromatic N) is 1. The first-order valence-electron chi connectivity index (χ1n) is 8.16. The van der Waals surface area contributed by atoms with Gasteiger partial charge >= 0.3 is 0 Å². The van der Waals surface area contributed by atoms with E-state index in [-0.39, 0.29) is 0 Å². The summed E-state index contributed by atoms with van der Waals surface area (Å²) in [5, 5.41) is 1.09. The number of ether oxygens (including phenoxy) is 1. The summed E-state index contributed by atoms with van der Waals surface area (Å²) in [6, 6.07) is 8.22. The van der Waals surface area contributed by atoms with Gasteiger partial charge in [-0.15, -0.1) is 11.3 Å². The fourth-order valence-electron chi connectivity index (χ4n) is 2.15.